The fraction of sp³-hybridized carbons (Fsp3) is 0.538. The molecule has 0 spiro atoms. The van der Waals surface area contributed by atoms with Gasteiger partial charge in [-0.15, -0.1) is 0 Å². The van der Waals surface area contributed by atoms with Gasteiger partial charge < -0.3 is 0 Å². The fourth-order valence-corrected chi connectivity index (χ4v) is 37.8. The lowest BCUT2D eigenvalue weighted by atomic mass is 10.4. The first-order valence-corrected chi connectivity index (χ1v) is 16.4. The minimum atomic E-state index is -1.18. The summed E-state index contributed by atoms with van der Waals surface area (Å²) in [5.41, 5.74) is 0. The summed E-state index contributed by atoms with van der Waals surface area (Å²) in [6, 6.07) is 12.9. The molecule has 1 aromatic carbocycles. The summed E-state index contributed by atoms with van der Waals surface area (Å²) in [6.45, 7) is 15.3. The first-order valence-electron chi connectivity index (χ1n) is 6.22. The van der Waals surface area contributed by atoms with Crippen LogP contribution in [-0.4, -0.2) is 23.0 Å². The monoisotopic (exact) mass is 265 g/mol. The molecule has 0 aliphatic heterocycles. The molecule has 0 N–H and O–H groups in total. The maximum atomic E-state index is 2.59. The van der Waals surface area contributed by atoms with Gasteiger partial charge in [0, 0.05) is 15.9 Å². The number of rotatable bonds is 4. The van der Waals surface area contributed by atoms with Crippen molar-refractivity contribution in [3.8, 4) is 0 Å². The highest BCUT2D eigenvalue weighted by molar-refractivity contribution is 7.68. The van der Waals surface area contributed by atoms with Crippen LogP contribution in [-0.2, 0) is 0 Å². The molecular weight excluding hydrogens is 240 g/mol. The molecule has 0 heterocycles. The third-order valence-electron chi connectivity index (χ3n) is 3.93. The van der Waals surface area contributed by atoms with E-state index in [0.29, 0.717) is 0 Å². The van der Waals surface area contributed by atoms with Crippen molar-refractivity contribution in [1.82, 2.24) is 0 Å². The molecule has 0 amide bonds. The van der Waals surface area contributed by atoms with E-state index in [2.05, 4.69) is 70.0 Å². The molecule has 89 valence electrons. The highest BCUT2D eigenvalue weighted by Gasteiger charge is 2.48. The first kappa shape index (κ1) is 13.9. The molecule has 0 saturated heterocycles. The van der Waals surface area contributed by atoms with Crippen LogP contribution in [0, 0.1) is 0 Å². The zero-order valence-electron chi connectivity index (χ0n) is 11.6. The Morgan fingerprint density at radius 2 is 1.50 bits per heavy atom. The summed E-state index contributed by atoms with van der Waals surface area (Å²) < 4.78 is 0. The van der Waals surface area contributed by atoms with Gasteiger partial charge in [-0.05, 0) is 0 Å². The standard InChI is InChI=1S/C13H25Si3/c1-7-16(14(2)3,15(4,5)6)13-11-9-8-10-12-13/h8-12H,7H2,1-6H3. The summed E-state index contributed by atoms with van der Waals surface area (Å²) in [5.74, 6) is 0. The van der Waals surface area contributed by atoms with Crippen LogP contribution in [0.25, 0.3) is 0 Å². The van der Waals surface area contributed by atoms with Gasteiger partial charge in [0.25, 0.3) is 0 Å². The van der Waals surface area contributed by atoms with Crippen molar-refractivity contribution in [2.24, 2.45) is 0 Å². The van der Waals surface area contributed by atoms with Crippen LogP contribution in [0.4, 0.5) is 0 Å². The second-order valence-corrected chi connectivity index (χ2v) is 29.6. The van der Waals surface area contributed by atoms with Gasteiger partial charge in [0.2, 0.25) is 0 Å². The Kier molecular flexibility index (Phi) is 4.37. The molecule has 0 fully saturated rings. The first-order chi connectivity index (χ1) is 7.36. The Hall–Kier alpha value is -0.129. The van der Waals surface area contributed by atoms with Gasteiger partial charge in [-0.25, -0.2) is 0 Å². The zero-order chi connectivity index (χ0) is 12.4. The Labute approximate surface area is 104 Å². The number of hydrogen-bond donors (Lipinski definition) is 0. The van der Waals surface area contributed by atoms with Crippen molar-refractivity contribution in [1.29, 1.82) is 0 Å². The van der Waals surface area contributed by atoms with Crippen LogP contribution in [0.1, 0.15) is 6.92 Å². The second kappa shape index (κ2) is 5.02. The van der Waals surface area contributed by atoms with Gasteiger partial charge in [0.15, 0.2) is 0 Å². The van der Waals surface area contributed by atoms with Crippen molar-refractivity contribution in [2.45, 2.75) is 45.7 Å². The normalized spacial score (nSPS) is 16.2. The Bertz CT molecular complexity index is 327. The average molecular weight is 266 g/mol. The molecule has 16 heavy (non-hydrogen) atoms. The van der Waals surface area contributed by atoms with Crippen LogP contribution in [0.15, 0.2) is 30.3 Å². The third kappa shape index (κ3) is 2.26. The van der Waals surface area contributed by atoms with Crippen LogP contribution >= 0.6 is 0 Å². The van der Waals surface area contributed by atoms with Crippen LogP contribution in [0.3, 0.4) is 0 Å². The molecular formula is C13H25Si3. The summed E-state index contributed by atoms with van der Waals surface area (Å²) >= 11 is 0. The summed E-state index contributed by atoms with van der Waals surface area (Å²) in [7, 11) is -2.43. The number of hydrogen-bond acceptors (Lipinski definition) is 0. The van der Waals surface area contributed by atoms with Gasteiger partial charge >= 0.3 is 0 Å². The maximum absolute atomic E-state index is 2.59. The Balaban J connectivity index is 3.36. The smallest absolute Gasteiger partial charge is 0.0708 e. The predicted molar refractivity (Wildman–Crippen MR) is 83.1 cm³/mol. The number of benzene rings is 1. The van der Waals surface area contributed by atoms with E-state index in [1.165, 1.54) is 6.04 Å². The topological polar surface area (TPSA) is 0 Å². The summed E-state index contributed by atoms with van der Waals surface area (Å²) in [5, 5.41) is 1.73. The largest absolute Gasteiger partial charge is 0.0732 e. The van der Waals surface area contributed by atoms with E-state index in [-0.39, 0.29) is 8.31 Å². The molecule has 0 bridgehead atoms. The molecule has 1 unspecified atom stereocenters. The van der Waals surface area contributed by atoms with E-state index in [9.17, 15) is 0 Å². The van der Waals surface area contributed by atoms with Crippen LogP contribution in [0.2, 0.25) is 38.8 Å². The van der Waals surface area contributed by atoms with Gasteiger partial charge in [-0.3, -0.25) is 0 Å². The van der Waals surface area contributed by atoms with Crippen molar-refractivity contribution in [3.63, 3.8) is 0 Å². The van der Waals surface area contributed by atoms with Crippen molar-refractivity contribution >= 4 is 28.2 Å². The summed E-state index contributed by atoms with van der Waals surface area (Å²) in [4.78, 5) is 0. The summed E-state index contributed by atoms with van der Waals surface area (Å²) in [6.07, 6.45) is 0. The fourth-order valence-electron chi connectivity index (χ4n) is 3.28. The molecule has 0 aromatic heterocycles. The second-order valence-electron chi connectivity index (χ2n) is 5.87. The van der Waals surface area contributed by atoms with E-state index >= 15 is 0 Å². The van der Waals surface area contributed by atoms with E-state index in [1.807, 2.05) is 0 Å². The van der Waals surface area contributed by atoms with E-state index < -0.39 is 14.7 Å². The molecule has 0 saturated carbocycles. The molecule has 3 heteroatoms. The average Bonchev–Trinajstić information content (AvgIpc) is 2.18. The maximum Gasteiger partial charge on any atom is 0.0708 e. The van der Waals surface area contributed by atoms with Gasteiger partial charge in [0.1, 0.15) is 0 Å². The lowest BCUT2D eigenvalue weighted by molar-refractivity contribution is 1.42. The molecule has 0 aliphatic rings. The van der Waals surface area contributed by atoms with E-state index in [1.54, 1.807) is 5.19 Å². The van der Waals surface area contributed by atoms with Gasteiger partial charge in [-0.2, -0.15) is 0 Å². The molecule has 1 atom stereocenters. The van der Waals surface area contributed by atoms with Gasteiger partial charge in [-0.1, -0.05) is 81.2 Å². The molecule has 1 rings (SSSR count). The van der Waals surface area contributed by atoms with E-state index in [4.69, 9.17) is 0 Å². The lowest BCUT2D eigenvalue weighted by Gasteiger charge is -2.44. The molecule has 0 aliphatic carbocycles. The van der Waals surface area contributed by atoms with Crippen LogP contribution < -0.4 is 5.19 Å². The quantitative estimate of drug-likeness (QED) is 0.730. The van der Waals surface area contributed by atoms with Crippen LogP contribution in [0.5, 0.6) is 0 Å². The van der Waals surface area contributed by atoms with Crippen molar-refractivity contribution < 1.29 is 0 Å². The highest BCUT2D eigenvalue weighted by atomic mass is 29.6. The minimum Gasteiger partial charge on any atom is -0.0732 e. The minimum absolute atomic E-state index is 0.192. The lowest BCUT2D eigenvalue weighted by Crippen LogP contribution is -2.72. The zero-order valence-corrected chi connectivity index (χ0v) is 14.6. The SMILES string of the molecule is CC[Si](c1ccccc1)([Si](C)C)[Si](C)(C)C. The third-order valence-corrected chi connectivity index (χ3v) is 38.5. The Morgan fingerprint density at radius 1 is 1.00 bits per heavy atom. The van der Waals surface area contributed by atoms with E-state index in [0.717, 1.165) is 0 Å². The van der Waals surface area contributed by atoms with Crippen molar-refractivity contribution in [3.05, 3.63) is 30.3 Å². The molecule has 1 aromatic rings. The Morgan fingerprint density at radius 3 is 1.81 bits per heavy atom. The van der Waals surface area contributed by atoms with Crippen molar-refractivity contribution in [2.75, 3.05) is 0 Å². The molecule has 0 nitrogen and oxygen atoms in total. The molecule has 1 radical (unpaired) electrons. The van der Waals surface area contributed by atoms with Gasteiger partial charge in [0.05, 0.1) is 7.11 Å². The predicted octanol–water partition coefficient (Wildman–Crippen LogP) is 3.61. The highest BCUT2D eigenvalue weighted by Crippen LogP contribution is 2.26.